The van der Waals surface area contributed by atoms with Crippen LogP contribution in [0.5, 0.6) is 0 Å². The number of ether oxygens (including phenoxy) is 2. The Kier molecular flexibility index (Phi) is 6.11. The smallest absolute Gasteiger partial charge is 0.167 e. The monoisotopic (exact) mass is 565 g/mol. The number of fused-ring (bicyclic) bond motifs is 3. The number of aromatic nitrogens is 8. The lowest BCUT2D eigenvalue weighted by atomic mass is 10.1. The number of anilines is 1. The maximum absolute atomic E-state index is 6.17. The minimum Gasteiger partial charge on any atom is -0.371 e. The molecular formula is C31H35N9O2. The molecule has 8 rings (SSSR count). The molecule has 0 saturated carbocycles. The van der Waals surface area contributed by atoms with Crippen LogP contribution in [-0.2, 0) is 9.47 Å². The highest BCUT2D eigenvalue weighted by atomic mass is 16.5. The van der Waals surface area contributed by atoms with E-state index in [-0.39, 0.29) is 18.4 Å². The third-order valence-electron chi connectivity index (χ3n) is 8.83. The average molecular weight is 566 g/mol. The Bertz CT molecular complexity index is 1750. The molecule has 3 saturated heterocycles. The van der Waals surface area contributed by atoms with Gasteiger partial charge >= 0.3 is 0 Å². The molecule has 5 aromatic rings. The molecule has 0 N–H and O–H groups in total. The molecule has 3 unspecified atom stereocenters. The average Bonchev–Trinajstić information content (AvgIpc) is 3.77. The Morgan fingerprint density at radius 1 is 0.929 bits per heavy atom. The zero-order valence-corrected chi connectivity index (χ0v) is 24.3. The first kappa shape index (κ1) is 25.6. The van der Waals surface area contributed by atoms with Gasteiger partial charge in [-0.15, -0.1) is 0 Å². The van der Waals surface area contributed by atoms with Crippen molar-refractivity contribution in [3.63, 3.8) is 0 Å². The van der Waals surface area contributed by atoms with Gasteiger partial charge < -0.3 is 14.4 Å². The highest BCUT2D eigenvalue weighted by Gasteiger charge is 2.35. The first-order valence-corrected chi connectivity index (χ1v) is 15.0. The summed E-state index contributed by atoms with van der Waals surface area (Å²) in [4.78, 5) is 12.0. The number of hydrogen-bond acceptors (Lipinski definition) is 8. The van der Waals surface area contributed by atoms with Gasteiger partial charge in [0.1, 0.15) is 5.82 Å². The molecule has 3 aliphatic heterocycles. The minimum atomic E-state index is -0.0860. The predicted octanol–water partition coefficient (Wildman–Crippen LogP) is 4.83. The fourth-order valence-electron chi connectivity index (χ4n) is 6.87. The molecule has 216 valence electrons. The van der Waals surface area contributed by atoms with Crippen molar-refractivity contribution in [2.24, 2.45) is 0 Å². The van der Waals surface area contributed by atoms with Crippen LogP contribution < -0.4 is 4.90 Å². The van der Waals surface area contributed by atoms with E-state index in [1.807, 2.05) is 45.3 Å². The maximum atomic E-state index is 6.17. The molecular weight excluding hydrogens is 530 g/mol. The summed E-state index contributed by atoms with van der Waals surface area (Å²) in [7, 11) is 0. The zero-order valence-electron chi connectivity index (χ0n) is 24.3. The van der Waals surface area contributed by atoms with Crippen LogP contribution in [0, 0.1) is 20.8 Å². The largest absolute Gasteiger partial charge is 0.371 e. The highest BCUT2D eigenvalue weighted by molar-refractivity contribution is 5.80. The van der Waals surface area contributed by atoms with E-state index in [9.17, 15) is 0 Å². The molecule has 8 heterocycles. The van der Waals surface area contributed by atoms with Crippen molar-refractivity contribution in [3.05, 3.63) is 59.9 Å². The summed E-state index contributed by atoms with van der Waals surface area (Å²) in [6.07, 6.45) is 11.3. The van der Waals surface area contributed by atoms with Gasteiger partial charge in [0.25, 0.3) is 0 Å². The number of aryl methyl sites for hydroxylation is 2. The summed E-state index contributed by atoms with van der Waals surface area (Å²) in [5.41, 5.74) is 8.54. The molecule has 11 heteroatoms. The van der Waals surface area contributed by atoms with Gasteiger partial charge in [-0.05, 0) is 71.1 Å². The quantitative estimate of drug-likeness (QED) is 0.299. The van der Waals surface area contributed by atoms with Crippen LogP contribution in [0.1, 0.15) is 55.4 Å². The molecule has 0 aliphatic carbocycles. The van der Waals surface area contributed by atoms with Crippen molar-refractivity contribution in [2.45, 2.75) is 71.3 Å². The number of morpholine rings is 1. The summed E-state index contributed by atoms with van der Waals surface area (Å²) >= 11 is 0. The van der Waals surface area contributed by atoms with Crippen molar-refractivity contribution >= 4 is 11.5 Å². The van der Waals surface area contributed by atoms with E-state index in [2.05, 4.69) is 35.9 Å². The lowest BCUT2D eigenvalue weighted by Crippen LogP contribution is -2.43. The number of nitrogens with zero attached hydrogens (tertiary/aromatic N) is 9. The minimum absolute atomic E-state index is 0.0860. The van der Waals surface area contributed by atoms with Gasteiger partial charge in [-0.2, -0.15) is 15.3 Å². The van der Waals surface area contributed by atoms with Gasteiger partial charge in [0, 0.05) is 37.5 Å². The molecule has 5 aromatic heterocycles. The lowest BCUT2D eigenvalue weighted by Gasteiger charge is -2.33. The van der Waals surface area contributed by atoms with Crippen molar-refractivity contribution in [1.82, 2.24) is 39.1 Å². The molecule has 0 radical (unpaired) electrons. The summed E-state index contributed by atoms with van der Waals surface area (Å²) in [5.74, 6) is 0.934. The third kappa shape index (κ3) is 4.21. The second-order valence-electron chi connectivity index (χ2n) is 11.8. The Hall–Kier alpha value is -4.09. The van der Waals surface area contributed by atoms with Crippen LogP contribution in [-0.4, -0.2) is 71.0 Å². The number of hydrogen-bond donors (Lipinski definition) is 0. The first-order valence-electron chi connectivity index (χ1n) is 15.0. The molecule has 0 amide bonds. The van der Waals surface area contributed by atoms with Crippen LogP contribution in [0.15, 0.2) is 42.9 Å². The van der Waals surface area contributed by atoms with E-state index >= 15 is 0 Å². The van der Waals surface area contributed by atoms with Crippen molar-refractivity contribution in [1.29, 1.82) is 0 Å². The van der Waals surface area contributed by atoms with Crippen LogP contribution in [0.25, 0.3) is 33.8 Å². The molecule has 11 nitrogen and oxygen atoms in total. The Labute approximate surface area is 244 Å². The molecule has 3 aliphatic rings. The van der Waals surface area contributed by atoms with Crippen molar-refractivity contribution in [2.75, 3.05) is 24.6 Å². The van der Waals surface area contributed by atoms with Crippen molar-refractivity contribution < 1.29 is 9.47 Å². The van der Waals surface area contributed by atoms with Gasteiger partial charge in [0.05, 0.1) is 64.3 Å². The SMILES string of the molecule is Cc1cc(-c2cnn3c(-c4c(C)nn(-c5cccnc5)c4C)cc(N4CC5CCC(C4)O5)nc23)n(C2CCCCO2)n1. The van der Waals surface area contributed by atoms with Crippen LogP contribution >= 0.6 is 0 Å². The molecule has 42 heavy (non-hydrogen) atoms. The summed E-state index contributed by atoms with van der Waals surface area (Å²) < 4.78 is 18.3. The van der Waals surface area contributed by atoms with E-state index in [0.717, 1.165) is 109 Å². The van der Waals surface area contributed by atoms with Gasteiger partial charge in [0.15, 0.2) is 11.9 Å². The standard InChI is InChI=1S/C31H35N9O2/c1-19-13-26(39(35-19)29-8-4-5-12-41-29)25-16-33-40-27(30-20(2)36-38(21(30)3)22-7-6-11-32-15-22)14-28(34-31(25)40)37-17-23-9-10-24(18-37)42-23/h6-7,11,13-16,23-24,29H,4-5,8-10,12,17-18H2,1-3H3. The summed E-state index contributed by atoms with van der Waals surface area (Å²) in [5, 5.41) is 14.7. The maximum Gasteiger partial charge on any atom is 0.167 e. The second-order valence-corrected chi connectivity index (χ2v) is 11.8. The van der Waals surface area contributed by atoms with Crippen LogP contribution in [0.4, 0.5) is 5.82 Å². The fourth-order valence-corrected chi connectivity index (χ4v) is 6.87. The van der Waals surface area contributed by atoms with Gasteiger partial charge in [0.2, 0.25) is 0 Å². The molecule has 3 fully saturated rings. The highest BCUT2D eigenvalue weighted by Crippen LogP contribution is 2.37. The van der Waals surface area contributed by atoms with E-state index < -0.39 is 0 Å². The van der Waals surface area contributed by atoms with Gasteiger partial charge in [-0.1, -0.05) is 0 Å². The van der Waals surface area contributed by atoms with Crippen molar-refractivity contribution in [3.8, 4) is 28.2 Å². The van der Waals surface area contributed by atoms with E-state index in [1.165, 1.54) is 0 Å². The van der Waals surface area contributed by atoms with E-state index in [1.54, 1.807) is 6.20 Å². The Balaban J connectivity index is 1.32. The van der Waals surface area contributed by atoms with Crippen LogP contribution in [0.3, 0.4) is 0 Å². The number of pyridine rings is 1. The second kappa shape index (κ2) is 10.0. The zero-order chi connectivity index (χ0) is 28.4. The normalized spacial score (nSPS) is 22.4. The molecule has 3 atom stereocenters. The molecule has 2 bridgehead atoms. The Morgan fingerprint density at radius 3 is 2.55 bits per heavy atom. The topological polar surface area (TPSA) is 100 Å². The molecule has 0 spiro atoms. The van der Waals surface area contributed by atoms with E-state index in [4.69, 9.17) is 29.8 Å². The third-order valence-corrected chi connectivity index (χ3v) is 8.83. The number of rotatable bonds is 5. The summed E-state index contributed by atoms with van der Waals surface area (Å²) in [6, 6.07) is 8.25. The van der Waals surface area contributed by atoms with Gasteiger partial charge in [-0.3, -0.25) is 4.98 Å². The van der Waals surface area contributed by atoms with Crippen LogP contribution in [0.2, 0.25) is 0 Å². The summed E-state index contributed by atoms with van der Waals surface area (Å²) in [6.45, 7) is 8.61. The Morgan fingerprint density at radius 2 is 1.79 bits per heavy atom. The first-order chi connectivity index (χ1) is 20.5. The van der Waals surface area contributed by atoms with Gasteiger partial charge in [-0.25, -0.2) is 18.9 Å². The predicted molar refractivity (Wildman–Crippen MR) is 158 cm³/mol. The lowest BCUT2D eigenvalue weighted by molar-refractivity contribution is -0.0385. The van der Waals surface area contributed by atoms with E-state index in [0.29, 0.717) is 0 Å². The fraction of sp³-hybridized carbons (Fsp3) is 0.452. The molecule has 0 aromatic carbocycles.